The number of piperidine rings is 1. The van der Waals surface area contributed by atoms with Gasteiger partial charge in [-0.1, -0.05) is 18.2 Å². The van der Waals surface area contributed by atoms with Gasteiger partial charge in [-0.3, -0.25) is 0 Å². The number of para-hydroxylation sites is 1. The first-order chi connectivity index (χ1) is 8.20. The van der Waals surface area contributed by atoms with Gasteiger partial charge in [-0.05, 0) is 37.8 Å². The van der Waals surface area contributed by atoms with Crippen molar-refractivity contribution in [1.29, 1.82) is 0 Å². The molecule has 1 spiro atoms. The monoisotopic (exact) mass is 230 g/mol. The summed E-state index contributed by atoms with van der Waals surface area (Å²) in [6, 6.07) is 6.64. The Morgan fingerprint density at radius 1 is 1.18 bits per heavy atom. The molecule has 2 nitrogen and oxygen atoms in total. The third-order valence-corrected chi connectivity index (χ3v) is 4.42. The highest BCUT2D eigenvalue weighted by Crippen LogP contribution is 2.37. The number of hydrogen-bond donors (Lipinski definition) is 1. The summed E-state index contributed by atoms with van der Waals surface area (Å²) in [5.74, 6) is 0. The predicted molar refractivity (Wildman–Crippen MR) is 72.7 cm³/mol. The van der Waals surface area contributed by atoms with Gasteiger partial charge < -0.3 is 10.2 Å². The van der Waals surface area contributed by atoms with Crippen molar-refractivity contribution in [3.05, 3.63) is 29.3 Å². The normalized spacial score (nSPS) is 22.6. The second-order valence-corrected chi connectivity index (χ2v) is 5.87. The second-order valence-electron chi connectivity index (χ2n) is 5.87. The molecule has 2 saturated heterocycles. The quantitative estimate of drug-likeness (QED) is 0.797. The van der Waals surface area contributed by atoms with E-state index in [0.717, 1.165) is 0 Å². The molecule has 0 saturated carbocycles. The largest absolute Gasteiger partial charge is 0.370 e. The van der Waals surface area contributed by atoms with Gasteiger partial charge in [-0.2, -0.15) is 0 Å². The van der Waals surface area contributed by atoms with Crippen LogP contribution in [0.15, 0.2) is 18.2 Å². The molecule has 2 heterocycles. The van der Waals surface area contributed by atoms with Crippen LogP contribution in [0.2, 0.25) is 0 Å². The Kier molecular flexibility index (Phi) is 2.62. The SMILES string of the molecule is Cc1cccc(C)c1N1CCCC2(CNC2)C1. The van der Waals surface area contributed by atoms with Crippen molar-refractivity contribution in [3.63, 3.8) is 0 Å². The topological polar surface area (TPSA) is 15.3 Å². The number of nitrogens with one attached hydrogen (secondary N) is 1. The summed E-state index contributed by atoms with van der Waals surface area (Å²) < 4.78 is 0. The van der Waals surface area contributed by atoms with Crippen LogP contribution in [0.1, 0.15) is 24.0 Å². The summed E-state index contributed by atoms with van der Waals surface area (Å²) in [6.07, 6.45) is 2.75. The van der Waals surface area contributed by atoms with Crippen LogP contribution in [0.5, 0.6) is 0 Å². The van der Waals surface area contributed by atoms with E-state index in [1.54, 1.807) is 0 Å². The Labute approximate surface area is 104 Å². The number of aryl methyl sites for hydroxylation is 2. The van der Waals surface area contributed by atoms with Gasteiger partial charge in [0.15, 0.2) is 0 Å². The number of nitrogens with zero attached hydrogens (tertiary/aromatic N) is 1. The van der Waals surface area contributed by atoms with E-state index < -0.39 is 0 Å². The maximum atomic E-state index is 3.45. The number of hydrogen-bond acceptors (Lipinski definition) is 2. The molecule has 0 radical (unpaired) electrons. The van der Waals surface area contributed by atoms with Crippen molar-refractivity contribution < 1.29 is 0 Å². The zero-order valence-electron chi connectivity index (χ0n) is 10.9. The van der Waals surface area contributed by atoms with E-state index in [-0.39, 0.29) is 0 Å². The summed E-state index contributed by atoms with van der Waals surface area (Å²) in [5.41, 5.74) is 4.91. The van der Waals surface area contributed by atoms with E-state index in [1.165, 1.54) is 55.8 Å². The van der Waals surface area contributed by atoms with Crippen molar-refractivity contribution in [3.8, 4) is 0 Å². The van der Waals surface area contributed by atoms with Crippen LogP contribution in [0.25, 0.3) is 0 Å². The summed E-state index contributed by atoms with van der Waals surface area (Å²) in [4.78, 5) is 2.62. The number of anilines is 1. The lowest BCUT2D eigenvalue weighted by molar-refractivity contribution is 0.138. The first kappa shape index (κ1) is 11.1. The minimum absolute atomic E-state index is 0.576. The Balaban J connectivity index is 1.88. The zero-order valence-corrected chi connectivity index (χ0v) is 10.9. The molecule has 0 amide bonds. The highest BCUT2D eigenvalue weighted by atomic mass is 15.2. The minimum Gasteiger partial charge on any atom is -0.370 e. The van der Waals surface area contributed by atoms with Crippen LogP contribution in [0.4, 0.5) is 5.69 Å². The van der Waals surface area contributed by atoms with Gasteiger partial charge in [-0.25, -0.2) is 0 Å². The molecule has 92 valence electrons. The molecule has 3 rings (SSSR count). The number of rotatable bonds is 1. The third kappa shape index (κ3) is 1.85. The maximum absolute atomic E-state index is 3.45. The molecule has 0 aromatic heterocycles. The first-order valence-electron chi connectivity index (χ1n) is 6.72. The molecule has 2 fully saturated rings. The molecule has 0 atom stereocenters. The Hall–Kier alpha value is -1.02. The fourth-order valence-corrected chi connectivity index (χ4v) is 3.47. The van der Waals surface area contributed by atoms with Crippen LogP contribution in [-0.2, 0) is 0 Å². The smallest absolute Gasteiger partial charge is 0.0425 e. The molecule has 1 aromatic carbocycles. The van der Waals surface area contributed by atoms with E-state index in [9.17, 15) is 0 Å². The van der Waals surface area contributed by atoms with Crippen LogP contribution in [0.3, 0.4) is 0 Å². The van der Waals surface area contributed by atoms with E-state index in [0.29, 0.717) is 5.41 Å². The molecular formula is C15H22N2. The predicted octanol–water partition coefficient (Wildman–Crippen LogP) is 2.49. The molecule has 0 unspecified atom stereocenters. The van der Waals surface area contributed by atoms with Crippen LogP contribution >= 0.6 is 0 Å². The third-order valence-electron chi connectivity index (χ3n) is 4.42. The fraction of sp³-hybridized carbons (Fsp3) is 0.600. The molecule has 1 N–H and O–H groups in total. The van der Waals surface area contributed by atoms with E-state index in [2.05, 4.69) is 42.3 Å². The highest BCUT2D eigenvalue weighted by molar-refractivity contribution is 5.59. The second kappa shape index (κ2) is 4.02. The standard InChI is InChI=1S/C15H22N2/c1-12-5-3-6-13(2)14(12)17-8-4-7-15(11-17)9-16-10-15/h3,5-6,16H,4,7-11H2,1-2H3. The Morgan fingerprint density at radius 3 is 2.47 bits per heavy atom. The van der Waals surface area contributed by atoms with Crippen molar-refractivity contribution in [2.24, 2.45) is 5.41 Å². The average molecular weight is 230 g/mol. The highest BCUT2D eigenvalue weighted by Gasteiger charge is 2.40. The molecular weight excluding hydrogens is 208 g/mol. The minimum atomic E-state index is 0.576. The lowest BCUT2D eigenvalue weighted by atomic mass is 9.74. The molecule has 2 heteroatoms. The van der Waals surface area contributed by atoms with Gasteiger partial charge in [0.05, 0.1) is 0 Å². The van der Waals surface area contributed by atoms with Crippen molar-refractivity contribution in [2.75, 3.05) is 31.1 Å². The fourth-order valence-electron chi connectivity index (χ4n) is 3.47. The van der Waals surface area contributed by atoms with Crippen molar-refractivity contribution in [1.82, 2.24) is 5.32 Å². The van der Waals surface area contributed by atoms with Gasteiger partial charge in [0, 0.05) is 37.3 Å². The van der Waals surface area contributed by atoms with Gasteiger partial charge in [0.25, 0.3) is 0 Å². The molecule has 0 bridgehead atoms. The molecule has 17 heavy (non-hydrogen) atoms. The van der Waals surface area contributed by atoms with Crippen LogP contribution < -0.4 is 10.2 Å². The van der Waals surface area contributed by atoms with Crippen molar-refractivity contribution in [2.45, 2.75) is 26.7 Å². The number of benzene rings is 1. The Morgan fingerprint density at radius 2 is 1.88 bits per heavy atom. The lowest BCUT2D eigenvalue weighted by Gasteiger charge is -2.50. The van der Waals surface area contributed by atoms with E-state index in [1.807, 2.05) is 0 Å². The van der Waals surface area contributed by atoms with Gasteiger partial charge in [-0.15, -0.1) is 0 Å². The van der Waals surface area contributed by atoms with Crippen LogP contribution in [0, 0.1) is 19.3 Å². The van der Waals surface area contributed by atoms with E-state index in [4.69, 9.17) is 0 Å². The molecule has 0 aliphatic carbocycles. The van der Waals surface area contributed by atoms with E-state index >= 15 is 0 Å². The summed E-state index contributed by atoms with van der Waals surface area (Å²) in [6.45, 7) is 9.38. The lowest BCUT2D eigenvalue weighted by Crippen LogP contribution is -2.61. The first-order valence-corrected chi connectivity index (χ1v) is 6.72. The van der Waals surface area contributed by atoms with Crippen LogP contribution in [-0.4, -0.2) is 26.2 Å². The summed E-state index contributed by atoms with van der Waals surface area (Å²) in [5, 5.41) is 3.45. The molecule has 2 aliphatic rings. The van der Waals surface area contributed by atoms with Gasteiger partial charge >= 0.3 is 0 Å². The van der Waals surface area contributed by atoms with Gasteiger partial charge in [0.1, 0.15) is 0 Å². The summed E-state index contributed by atoms with van der Waals surface area (Å²) >= 11 is 0. The average Bonchev–Trinajstić information content (AvgIpc) is 2.27. The molecule has 1 aromatic rings. The van der Waals surface area contributed by atoms with Gasteiger partial charge in [0.2, 0.25) is 0 Å². The molecule has 2 aliphatic heterocycles. The Bertz CT molecular complexity index is 401. The summed E-state index contributed by atoms with van der Waals surface area (Å²) in [7, 11) is 0. The van der Waals surface area contributed by atoms with Crippen molar-refractivity contribution >= 4 is 5.69 Å². The zero-order chi connectivity index (χ0) is 11.9. The maximum Gasteiger partial charge on any atom is 0.0425 e.